The molecule has 0 heterocycles. The van der Waals surface area contributed by atoms with E-state index in [-0.39, 0.29) is 16.7 Å². The van der Waals surface area contributed by atoms with Crippen LogP contribution in [-0.2, 0) is 0 Å². The predicted octanol–water partition coefficient (Wildman–Crippen LogP) is 5.78. The first-order valence-electron chi connectivity index (χ1n) is 9.07. The molecule has 1 aliphatic carbocycles. The minimum Gasteiger partial charge on any atom is -0.484 e. The summed E-state index contributed by atoms with van der Waals surface area (Å²) in [6, 6.07) is 13.0. The number of benzene rings is 2. The summed E-state index contributed by atoms with van der Waals surface area (Å²) >= 11 is 0. The van der Waals surface area contributed by atoms with Gasteiger partial charge in [-0.2, -0.15) is 0 Å². The first-order valence-corrected chi connectivity index (χ1v) is 9.07. The van der Waals surface area contributed by atoms with Crippen molar-refractivity contribution >= 4 is 5.97 Å². The van der Waals surface area contributed by atoms with Crippen LogP contribution < -0.4 is 9.47 Å². The van der Waals surface area contributed by atoms with Crippen LogP contribution in [0.3, 0.4) is 0 Å². The fraction of sp³-hybridized carbons (Fsp3) is 0.409. The maximum atomic E-state index is 14.4. The lowest BCUT2D eigenvalue weighted by molar-refractivity contribution is -0.0296. The van der Waals surface area contributed by atoms with Gasteiger partial charge in [-0.05, 0) is 56.0 Å². The van der Waals surface area contributed by atoms with Crippen molar-refractivity contribution in [2.75, 3.05) is 0 Å². The zero-order chi connectivity index (χ0) is 18.8. The number of esters is 1. The van der Waals surface area contributed by atoms with Crippen LogP contribution in [0.5, 0.6) is 11.5 Å². The van der Waals surface area contributed by atoms with E-state index in [1.807, 2.05) is 6.07 Å². The molecule has 0 aliphatic heterocycles. The molecular formula is C22H25FO3. The summed E-state index contributed by atoms with van der Waals surface area (Å²) in [6.45, 7) is 6.34. The third-order valence-electron chi connectivity index (χ3n) is 5.20. The van der Waals surface area contributed by atoms with Crippen LogP contribution in [0.1, 0.15) is 56.8 Å². The standard InChI is InChI=1S/C22H25FO3/c1-21(2,3)22(13-7-8-14-22)26-19-15-16(11-12-18(19)23)20(24)25-17-9-5-4-6-10-17/h4-6,9-12,15H,7-8,13-14H2,1-3H3. The van der Waals surface area contributed by atoms with Crippen LogP contribution in [0, 0.1) is 11.2 Å². The Morgan fingerprint density at radius 2 is 1.69 bits per heavy atom. The molecule has 3 nitrogen and oxygen atoms in total. The number of carbonyl (C=O) groups excluding carboxylic acids is 1. The molecule has 0 aromatic heterocycles. The zero-order valence-corrected chi connectivity index (χ0v) is 15.5. The van der Waals surface area contributed by atoms with E-state index in [9.17, 15) is 9.18 Å². The van der Waals surface area contributed by atoms with Crippen molar-refractivity contribution in [1.82, 2.24) is 0 Å². The van der Waals surface area contributed by atoms with Gasteiger partial charge in [-0.25, -0.2) is 9.18 Å². The molecule has 2 aromatic rings. The van der Waals surface area contributed by atoms with E-state index in [1.165, 1.54) is 18.2 Å². The number of para-hydroxylation sites is 1. The minimum absolute atomic E-state index is 0.115. The van der Waals surface area contributed by atoms with Gasteiger partial charge < -0.3 is 9.47 Å². The van der Waals surface area contributed by atoms with Crippen LogP contribution in [-0.4, -0.2) is 11.6 Å². The molecule has 1 saturated carbocycles. The highest BCUT2D eigenvalue weighted by atomic mass is 19.1. The number of hydrogen-bond donors (Lipinski definition) is 0. The van der Waals surface area contributed by atoms with Gasteiger partial charge in [0, 0.05) is 5.41 Å². The summed E-state index contributed by atoms with van der Waals surface area (Å²) in [5.41, 5.74) is -0.279. The van der Waals surface area contributed by atoms with Crippen LogP contribution >= 0.6 is 0 Å². The highest BCUT2D eigenvalue weighted by Gasteiger charge is 2.46. The summed E-state index contributed by atoms with van der Waals surface area (Å²) < 4.78 is 26.0. The molecule has 0 unspecified atom stereocenters. The molecule has 138 valence electrons. The second-order valence-corrected chi connectivity index (χ2v) is 7.90. The first-order chi connectivity index (χ1) is 12.3. The highest BCUT2D eigenvalue weighted by Crippen LogP contribution is 2.47. The van der Waals surface area contributed by atoms with Crippen molar-refractivity contribution in [3.05, 3.63) is 59.9 Å². The number of rotatable bonds is 4. The van der Waals surface area contributed by atoms with Gasteiger partial charge in [-0.1, -0.05) is 39.0 Å². The zero-order valence-electron chi connectivity index (χ0n) is 15.5. The molecule has 0 bridgehead atoms. The largest absolute Gasteiger partial charge is 0.484 e. The Hall–Kier alpha value is -2.36. The smallest absolute Gasteiger partial charge is 0.343 e. The van der Waals surface area contributed by atoms with Gasteiger partial charge >= 0.3 is 5.97 Å². The van der Waals surface area contributed by atoms with Crippen molar-refractivity contribution < 1.29 is 18.7 Å². The van der Waals surface area contributed by atoms with Gasteiger partial charge in [0.15, 0.2) is 11.6 Å². The SMILES string of the molecule is CC(C)(C)C1(Oc2cc(C(=O)Oc3ccccc3)ccc2F)CCCC1. The molecular weight excluding hydrogens is 331 g/mol. The predicted molar refractivity (Wildman–Crippen MR) is 99.1 cm³/mol. The molecule has 0 saturated heterocycles. The number of ether oxygens (including phenoxy) is 2. The lowest BCUT2D eigenvalue weighted by Crippen LogP contribution is -2.46. The van der Waals surface area contributed by atoms with Gasteiger partial charge in [-0.15, -0.1) is 0 Å². The number of halogens is 1. The van der Waals surface area contributed by atoms with Gasteiger partial charge in [0.2, 0.25) is 0 Å². The second kappa shape index (κ2) is 7.10. The van der Waals surface area contributed by atoms with Gasteiger partial charge in [0.25, 0.3) is 0 Å². The first kappa shape index (κ1) is 18.4. The highest BCUT2D eigenvalue weighted by molar-refractivity contribution is 5.91. The van der Waals surface area contributed by atoms with Crippen LogP contribution in [0.25, 0.3) is 0 Å². The molecule has 26 heavy (non-hydrogen) atoms. The third-order valence-corrected chi connectivity index (χ3v) is 5.20. The topological polar surface area (TPSA) is 35.5 Å². The molecule has 3 rings (SSSR count). The van der Waals surface area contributed by atoms with E-state index in [0.717, 1.165) is 25.7 Å². The fourth-order valence-electron chi connectivity index (χ4n) is 3.52. The molecule has 1 fully saturated rings. The van der Waals surface area contributed by atoms with Crippen molar-refractivity contribution in [1.29, 1.82) is 0 Å². The lowest BCUT2D eigenvalue weighted by Gasteiger charge is -2.42. The maximum Gasteiger partial charge on any atom is 0.343 e. The Kier molecular flexibility index (Phi) is 5.03. The fourth-order valence-corrected chi connectivity index (χ4v) is 3.52. The van der Waals surface area contributed by atoms with Crippen LogP contribution in [0.2, 0.25) is 0 Å². The Bertz CT molecular complexity index is 772. The average Bonchev–Trinajstić information content (AvgIpc) is 3.07. The normalized spacial score (nSPS) is 16.3. The van der Waals surface area contributed by atoms with E-state index < -0.39 is 17.4 Å². The number of carbonyl (C=O) groups is 1. The Balaban J connectivity index is 1.85. The molecule has 0 amide bonds. The van der Waals surface area contributed by atoms with Crippen LogP contribution in [0.15, 0.2) is 48.5 Å². The van der Waals surface area contributed by atoms with Crippen molar-refractivity contribution in [3.63, 3.8) is 0 Å². The van der Waals surface area contributed by atoms with E-state index >= 15 is 0 Å². The van der Waals surface area contributed by atoms with E-state index in [2.05, 4.69) is 20.8 Å². The molecule has 1 aliphatic rings. The Morgan fingerprint density at radius 1 is 1.04 bits per heavy atom. The van der Waals surface area contributed by atoms with Gasteiger partial charge in [-0.3, -0.25) is 0 Å². The Morgan fingerprint density at radius 3 is 2.31 bits per heavy atom. The van der Waals surface area contributed by atoms with Crippen molar-refractivity contribution in [2.24, 2.45) is 5.41 Å². The molecule has 2 aromatic carbocycles. The Labute approximate surface area is 154 Å². The average molecular weight is 356 g/mol. The third kappa shape index (κ3) is 3.74. The molecule has 0 atom stereocenters. The monoisotopic (exact) mass is 356 g/mol. The quantitative estimate of drug-likeness (QED) is 0.514. The van der Waals surface area contributed by atoms with E-state index in [1.54, 1.807) is 24.3 Å². The summed E-state index contributed by atoms with van der Waals surface area (Å²) in [5.74, 6) is -0.426. The molecule has 0 radical (unpaired) electrons. The molecule has 0 spiro atoms. The summed E-state index contributed by atoms with van der Waals surface area (Å²) in [4.78, 5) is 12.4. The van der Waals surface area contributed by atoms with Gasteiger partial charge in [0.05, 0.1) is 5.56 Å². The van der Waals surface area contributed by atoms with Crippen molar-refractivity contribution in [2.45, 2.75) is 52.1 Å². The van der Waals surface area contributed by atoms with Gasteiger partial charge in [0.1, 0.15) is 11.4 Å². The summed E-state index contributed by atoms with van der Waals surface area (Å²) in [5, 5.41) is 0. The van der Waals surface area contributed by atoms with Crippen molar-refractivity contribution in [3.8, 4) is 11.5 Å². The maximum absolute atomic E-state index is 14.4. The molecule has 4 heteroatoms. The lowest BCUT2D eigenvalue weighted by atomic mass is 9.75. The molecule has 0 N–H and O–H groups in total. The van der Waals surface area contributed by atoms with E-state index in [4.69, 9.17) is 9.47 Å². The second-order valence-electron chi connectivity index (χ2n) is 7.90. The number of hydrogen-bond acceptors (Lipinski definition) is 3. The van der Waals surface area contributed by atoms with Crippen LogP contribution in [0.4, 0.5) is 4.39 Å². The summed E-state index contributed by atoms with van der Waals surface area (Å²) in [6.07, 6.45) is 3.90. The van der Waals surface area contributed by atoms with E-state index in [0.29, 0.717) is 5.75 Å². The summed E-state index contributed by atoms with van der Waals surface area (Å²) in [7, 11) is 0. The minimum atomic E-state index is -0.530.